The molecule has 5 nitrogen and oxygen atoms in total. The van der Waals surface area contributed by atoms with Crippen LogP contribution in [0.25, 0.3) is 0 Å². The first-order valence-corrected chi connectivity index (χ1v) is 9.82. The summed E-state index contributed by atoms with van der Waals surface area (Å²) in [5.41, 5.74) is 0.780. The molecule has 0 radical (unpaired) electrons. The van der Waals surface area contributed by atoms with Gasteiger partial charge in [-0.2, -0.15) is 0 Å². The molecule has 1 aromatic heterocycles. The third kappa shape index (κ3) is 3.15. The fourth-order valence-corrected chi connectivity index (χ4v) is 4.68. The fourth-order valence-electron chi connectivity index (χ4n) is 3.99. The molecule has 1 aromatic carbocycles. The Balaban J connectivity index is 1.50. The number of para-hydroxylation sites is 1. The molecular weight excluding hydrogens is 346 g/mol. The standard InChI is InChI=1S/C20H23N3O2S/c1-21-13-19(25)23(16-6-3-2-4-7-16)15-20(21)9-10-22(14-20)18(24)12-17-8-5-11-26-17/h2-8,11H,9-10,12-15H2,1H3. The molecule has 2 aliphatic heterocycles. The Hall–Kier alpha value is -2.18. The monoisotopic (exact) mass is 369 g/mol. The molecule has 0 aliphatic carbocycles. The van der Waals surface area contributed by atoms with E-state index < -0.39 is 0 Å². The highest BCUT2D eigenvalue weighted by molar-refractivity contribution is 7.10. The Morgan fingerprint density at radius 2 is 1.96 bits per heavy atom. The summed E-state index contributed by atoms with van der Waals surface area (Å²) in [5, 5.41) is 2.01. The van der Waals surface area contributed by atoms with E-state index in [2.05, 4.69) is 4.90 Å². The number of carbonyl (C=O) groups is 2. The van der Waals surface area contributed by atoms with Crippen LogP contribution in [0.3, 0.4) is 0 Å². The van der Waals surface area contributed by atoms with Gasteiger partial charge in [0.25, 0.3) is 0 Å². The first-order valence-electron chi connectivity index (χ1n) is 8.94. The topological polar surface area (TPSA) is 43.9 Å². The van der Waals surface area contributed by atoms with Crippen LogP contribution >= 0.6 is 11.3 Å². The molecule has 0 N–H and O–H groups in total. The zero-order chi connectivity index (χ0) is 18.1. The van der Waals surface area contributed by atoms with Crippen molar-refractivity contribution in [2.24, 2.45) is 0 Å². The Labute approximate surface area is 157 Å². The summed E-state index contributed by atoms with van der Waals surface area (Å²) in [6, 6.07) is 13.8. The van der Waals surface area contributed by atoms with Gasteiger partial charge < -0.3 is 9.80 Å². The van der Waals surface area contributed by atoms with Crippen LogP contribution in [0.4, 0.5) is 5.69 Å². The van der Waals surface area contributed by atoms with Crippen molar-refractivity contribution in [3.63, 3.8) is 0 Å². The molecule has 4 rings (SSSR count). The van der Waals surface area contributed by atoms with E-state index in [0.717, 1.165) is 23.5 Å². The molecule has 136 valence electrons. The number of anilines is 1. The van der Waals surface area contributed by atoms with Crippen molar-refractivity contribution in [2.45, 2.75) is 18.4 Å². The molecule has 2 aromatic rings. The minimum absolute atomic E-state index is 0.118. The van der Waals surface area contributed by atoms with Crippen molar-refractivity contribution in [1.29, 1.82) is 0 Å². The summed E-state index contributed by atoms with van der Waals surface area (Å²) < 4.78 is 0. The number of piperazine rings is 1. The maximum absolute atomic E-state index is 12.7. The molecular formula is C20H23N3O2S. The largest absolute Gasteiger partial charge is 0.340 e. The number of rotatable bonds is 3. The third-order valence-corrected chi connectivity index (χ3v) is 6.47. The Bertz CT molecular complexity index is 793. The van der Waals surface area contributed by atoms with Gasteiger partial charge >= 0.3 is 0 Å². The number of amides is 2. The van der Waals surface area contributed by atoms with Crippen LogP contribution in [0.15, 0.2) is 47.8 Å². The molecule has 1 spiro atoms. The second kappa shape index (κ2) is 6.85. The number of thiophene rings is 1. The number of hydrogen-bond donors (Lipinski definition) is 0. The Morgan fingerprint density at radius 3 is 2.69 bits per heavy atom. The number of nitrogens with zero attached hydrogens (tertiary/aromatic N) is 3. The number of likely N-dealkylation sites (tertiary alicyclic amines) is 1. The van der Waals surface area contributed by atoms with Gasteiger partial charge in [0.15, 0.2) is 0 Å². The minimum atomic E-state index is -0.158. The zero-order valence-electron chi connectivity index (χ0n) is 14.9. The lowest BCUT2D eigenvalue weighted by Gasteiger charge is -2.46. The van der Waals surface area contributed by atoms with E-state index in [9.17, 15) is 9.59 Å². The maximum Gasteiger partial charge on any atom is 0.241 e. The summed E-state index contributed by atoms with van der Waals surface area (Å²) in [6.45, 7) is 2.46. The van der Waals surface area contributed by atoms with Crippen molar-refractivity contribution in [3.8, 4) is 0 Å². The number of likely N-dealkylation sites (N-methyl/N-ethyl adjacent to an activating group) is 1. The third-order valence-electron chi connectivity index (χ3n) is 5.59. The van der Waals surface area contributed by atoms with Crippen molar-refractivity contribution in [1.82, 2.24) is 9.80 Å². The zero-order valence-corrected chi connectivity index (χ0v) is 15.7. The van der Waals surface area contributed by atoms with E-state index in [4.69, 9.17) is 0 Å². The molecule has 2 saturated heterocycles. The van der Waals surface area contributed by atoms with Crippen LogP contribution in [0, 0.1) is 0 Å². The van der Waals surface area contributed by atoms with Gasteiger partial charge in [0.05, 0.1) is 18.5 Å². The minimum Gasteiger partial charge on any atom is -0.340 e. The molecule has 2 aliphatic rings. The molecule has 6 heteroatoms. The van der Waals surface area contributed by atoms with Gasteiger partial charge in [-0.3, -0.25) is 14.5 Å². The van der Waals surface area contributed by atoms with E-state index in [1.54, 1.807) is 11.3 Å². The number of hydrogen-bond acceptors (Lipinski definition) is 4. The number of benzene rings is 1. The first kappa shape index (κ1) is 17.2. The van der Waals surface area contributed by atoms with Crippen LogP contribution in [-0.4, -0.2) is 60.4 Å². The highest BCUT2D eigenvalue weighted by Gasteiger charge is 2.48. The SMILES string of the molecule is CN1CC(=O)N(c2ccccc2)CC12CCN(C(=O)Cc1cccs1)C2. The molecule has 1 atom stereocenters. The van der Waals surface area contributed by atoms with Crippen LogP contribution in [0.1, 0.15) is 11.3 Å². The second-order valence-electron chi connectivity index (χ2n) is 7.22. The van der Waals surface area contributed by atoms with Gasteiger partial charge in [-0.05, 0) is 37.0 Å². The molecule has 2 fully saturated rings. The normalized spacial score (nSPS) is 23.8. The predicted octanol–water partition coefficient (Wildman–Crippen LogP) is 2.24. The average Bonchev–Trinajstić information content (AvgIpc) is 3.30. The molecule has 26 heavy (non-hydrogen) atoms. The van der Waals surface area contributed by atoms with Crippen molar-refractivity contribution in [2.75, 3.05) is 38.1 Å². The lowest BCUT2D eigenvalue weighted by Crippen LogP contribution is -2.64. The van der Waals surface area contributed by atoms with Crippen LogP contribution in [0.2, 0.25) is 0 Å². The maximum atomic E-state index is 12.7. The summed E-state index contributed by atoms with van der Waals surface area (Å²) >= 11 is 1.62. The van der Waals surface area contributed by atoms with Crippen LogP contribution in [0.5, 0.6) is 0 Å². The van der Waals surface area contributed by atoms with E-state index in [-0.39, 0.29) is 17.4 Å². The highest BCUT2D eigenvalue weighted by atomic mass is 32.1. The summed E-state index contributed by atoms with van der Waals surface area (Å²) in [5.74, 6) is 0.300. The summed E-state index contributed by atoms with van der Waals surface area (Å²) in [4.78, 5) is 32.4. The molecule has 2 amide bonds. The molecule has 3 heterocycles. The number of carbonyl (C=O) groups excluding carboxylic acids is 2. The lowest BCUT2D eigenvalue weighted by molar-refractivity contribution is -0.130. The predicted molar refractivity (Wildman–Crippen MR) is 103 cm³/mol. The Morgan fingerprint density at radius 1 is 1.15 bits per heavy atom. The van der Waals surface area contributed by atoms with Crippen molar-refractivity contribution >= 4 is 28.8 Å². The molecule has 1 unspecified atom stereocenters. The van der Waals surface area contributed by atoms with E-state index in [1.165, 1.54) is 0 Å². The van der Waals surface area contributed by atoms with Gasteiger partial charge in [-0.15, -0.1) is 11.3 Å². The molecule has 0 bridgehead atoms. The van der Waals surface area contributed by atoms with Gasteiger partial charge in [0.1, 0.15) is 0 Å². The average molecular weight is 369 g/mol. The van der Waals surface area contributed by atoms with E-state index in [1.807, 2.05) is 64.7 Å². The smallest absolute Gasteiger partial charge is 0.241 e. The van der Waals surface area contributed by atoms with Crippen LogP contribution in [-0.2, 0) is 16.0 Å². The quantitative estimate of drug-likeness (QED) is 0.833. The van der Waals surface area contributed by atoms with Gasteiger partial charge in [-0.25, -0.2) is 0 Å². The summed E-state index contributed by atoms with van der Waals surface area (Å²) in [6.07, 6.45) is 1.37. The van der Waals surface area contributed by atoms with Gasteiger partial charge in [0.2, 0.25) is 11.8 Å². The second-order valence-corrected chi connectivity index (χ2v) is 8.25. The lowest BCUT2D eigenvalue weighted by atomic mass is 9.92. The van der Waals surface area contributed by atoms with Crippen LogP contribution < -0.4 is 4.90 Å². The van der Waals surface area contributed by atoms with Gasteiger partial charge in [0, 0.05) is 30.2 Å². The Kier molecular flexibility index (Phi) is 4.54. The van der Waals surface area contributed by atoms with E-state index in [0.29, 0.717) is 26.1 Å². The summed E-state index contributed by atoms with van der Waals surface area (Å²) in [7, 11) is 2.01. The fraction of sp³-hybridized carbons (Fsp3) is 0.400. The van der Waals surface area contributed by atoms with Gasteiger partial charge in [-0.1, -0.05) is 24.3 Å². The van der Waals surface area contributed by atoms with Crippen molar-refractivity contribution in [3.05, 3.63) is 52.7 Å². The van der Waals surface area contributed by atoms with Crippen molar-refractivity contribution < 1.29 is 9.59 Å². The highest BCUT2D eigenvalue weighted by Crippen LogP contribution is 2.33. The molecule has 0 saturated carbocycles. The van der Waals surface area contributed by atoms with E-state index >= 15 is 0 Å². The first-order chi connectivity index (χ1) is 12.6.